The summed E-state index contributed by atoms with van der Waals surface area (Å²) in [5.74, 6) is 0.0984. The van der Waals surface area contributed by atoms with Gasteiger partial charge in [-0.2, -0.15) is 0 Å². The van der Waals surface area contributed by atoms with E-state index in [4.69, 9.17) is 0 Å². The van der Waals surface area contributed by atoms with E-state index in [1.54, 1.807) is 0 Å². The lowest BCUT2D eigenvalue weighted by atomic mass is 9.76. The van der Waals surface area contributed by atoms with Crippen LogP contribution in [-0.2, 0) is 0 Å². The number of aromatic nitrogens is 1. The van der Waals surface area contributed by atoms with Crippen LogP contribution >= 0.6 is 0 Å². The minimum Gasteiger partial charge on any atom is -0.392 e. The highest BCUT2D eigenvalue weighted by Gasteiger charge is 2.45. The zero-order valence-corrected chi connectivity index (χ0v) is 12.7. The molecule has 1 saturated heterocycles. The van der Waals surface area contributed by atoms with Gasteiger partial charge >= 0.3 is 0 Å². The largest absolute Gasteiger partial charge is 0.392 e. The Balaban J connectivity index is 1.59. The van der Waals surface area contributed by atoms with E-state index in [2.05, 4.69) is 4.98 Å². The number of nitrogens with one attached hydrogen (secondary N) is 1. The SMILES string of the molecule is O=C(c1ccc2[nH]ccc2c1)N1CCC[C@@]2(CCC[C@H]2O)C1. The summed E-state index contributed by atoms with van der Waals surface area (Å²) in [7, 11) is 0. The fraction of sp³-hybridized carbons (Fsp3) is 0.500. The van der Waals surface area contributed by atoms with E-state index in [1.807, 2.05) is 35.4 Å². The molecule has 2 heterocycles. The maximum absolute atomic E-state index is 12.8. The monoisotopic (exact) mass is 298 g/mol. The number of rotatable bonds is 1. The summed E-state index contributed by atoms with van der Waals surface area (Å²) in [4.78, 5) is 17.9. The Kier molecular flexibility index (Phi) is 3.22. The molecule has 0 radical (unpaired) electrons. The number of carbonyl (C=O) groups is 1. The first-order chi connectivity index (χ1) is 10.7. The lowest BCUT2D eigenvalue weighted by Crippen LogP contribution is -2.49. The van der Waals surface area contributed by atoms with Gasteiger partial charge in [0.25, 0.3) is 5.91 Å². The van der Waals surface area contributed by atoms with Crippen LogP contribution in [0.4, 0.5) is 0 Å². The van der Waals surface area contributed by atoms with Crippen molar-refractivity contribution in [3.05, 3.63) is 36.0 Å². The van der Waals surface area contributed by atoms with Crippen LogP contribution in [0.25, 0.3) is 10.9 Å². The van der Waals surface area contributed by atoms with Crippen LogP contribution in [0.1, 0.15) is 42.5 Å². The highest BCUT2D eigenvalue weighted by molar-refractivity contribution is 5.98. The van der Waals surface area contributed by atoms with Crippen molar-refractivity contribution in [3.8, 4) is 0 Å². The van der Waals surface area contributed by atoms with Crippen LogP contribution in [0.3, 0.4) is 0 Å². The topological polar surface area (TPSA) is 56.3 Å². The second-order valence-electron chi connectivity index (χ2n) is 6.88. The fourth-order valence-electron chi connectivity index (χ4n) is 4.30. The number of fused-ring (bicyclic) bond motifs is 1. The molecule has 1 spiro atoms. The summed E-state index contributed by atoms with van der Waals surface area (Å²) >= 11 is 0. The zero-order valence-electron chi connectivity index (χ0n) is 12.7. The van der Waals surface area contributed by atoms with E-state index in [0.29, 0.717) is 6.54 Å². The van der Waals surface area contributed by atoms with E-state index in [9.17, 15) is 9.90 Å². The second kappa shape index (κ2) is 5.13. The molecule has 1 aliphatic carbocycles. The third-order valence-corrected chi connectivity index (χ3v) is 5.56. The van der Waals surface area contributed by atoms with Crippen molar-refractivity contribution in [1.29, 1.82) is 0 Å². The lowest BCUT2D eigenvalue weighted by molar-refractivity contribution is -0.00535. The Morgan fingerprint density at radius 1 is 1.27 bits per heavy atom. The quantitative estimate of drug-likeness (QED) is 0.850. The Labute approximate surface area is 130 Å². The van der Waals surface area contributed by atoms with Gasteiger partial charge in [0.2, 0.25) is 0 Å². The minimum atomic E-state index is -0.241. The number of H-pyrrole nitrogens is 1. The maximum atomic E-state index is 12.8. The molecule has 4 heteroatoms. The number of aliphatic hydroxyl groups is 1. The first-order valence-corrected chi connectivity index (χ1v) is 8.22. The Morgan fingerprint density at radius 3 is 2.95 bits per heavy atom. The van der Waals surface area contributed by atoms with Gasteiger partial charge in [-0.1, -0.05) is 6.42 Å². The highest BCUT2D eigenvalue weighted by atomic mass is 16.3. The van der Waals surface area contributed by atoms with Crippen molar-refractivity contribution in [2.24, 2.45) is 5.41 Å². The van der Waals surface area contributed by atoms with Crippen LogP contribution in [-0.4, -0.2) is 40.1 Å². The van der Waals surface area contributed by atoms with E-state index in [0.717, 1.165) is 55.1 Å². The van der Waals surface area contributed by atoms with Crippen molar-refractivity contribution in [2.75, 3.05) is 13.1 Å². The third-order valence-electron chi connectivity index (χ3n) is 5.56. The number of hydrogen-bond donors (Lipinski definition) is 2. The standard InChI is InChI=1S/C18H22N2O2/c21-16-3-1-7-18(16)8-2-10-20(12-18)17(22)14-4-5-15-13(11-14)6-9-19-15/h4-6,9,11,16,19,21H,1-3,7-8,10,12H2/t16-,18+/m1/s1. The smallest absolute Gasteiger partial charge is 0.253 e. The number of piperidine rings is 1. The molecule has 2 aliphatic rings. The van der Waals surface area contributed by atoms with Gasteiger partial charge in [0.15, 0.2) is 0 Å². The molecule has 0 unspecified atom stereocenters. The van der Waals surface area contributed by atoms with Gasteiger partial charge in [-0.05, 0) is 49.9 Å². The molecule has 4 rings (SSSR count). The molecule has 2 atom stereocenters. The number of hydrogen-bond acceptors (Lipinski definition) is 2. The van der Waals surface area contributed by atoms with Crippen molar-refractivity contribution >= 4 is 16.8 Å². The van der Waals surface area contributed by atoms with Crippen molar-refractivity contribution in [2.45, 2.75) is 38.2 Å². The molecule has 2 N–H and O–H groups in total. The predicted octanol–water partition coefficient (Wildman–Crippen LogP) is 2.94. The fourth-order valence-corrected chi connectivity index (χ4v) is 4.30. The summed E-state index contributed by atoms with van der Waals surface area (Å²) in [5, 5.41) is 11.4. The molecule has 1 aromatic carbocycles. The van der Waals surface area contributed by atoms with Crippen molar-refractivity contribution in [3.63, 3.8) is 0 Å². The minimum absolute atomic E-state index is 0.0495. The molecule has 2 fully saturated rings. The van der Waals surface area contributed by atoms with Crippen LogP contribution < -0.4 is 0 Å². The molecule has 1 aliphatic heterocycles. The Bertz CT molecular complexity index is 708. The number of nitrogens with zero attached hydrogens (tertiary/aromatic N) is 1. The summed E-state index contributed by atoms with van der Waals surface area (Å²) in [5.41, 5.74) is 1.75. The maximum Gasteiger partial charge on any atom is 0.253 e. The lowest BCUT2D eigenvalue weighted by Gasteiger charge is -2.42. The van der Waals surface area contributed by atoms with Crippen LogP contribution in [0, 0.1) is 5.41 Å². The van der Waals surface area contributed by atoms with Crippen LogP contribution in [0.2, 0.25) is 0 Å². The molecule has 22 heavy (non-hydrogen) atoms. The van der Waals surface area contributed by atoms with Gasteiger partial charge < -0.3 is 15.0 Å². The predicted molar refractivity (Wildman–Crippen MR) is 85.7 cm³/mol. The summed E-state index contributed by atoms with van der Waals surface area (Å²) in [6, 6.07) is 7.81. The van der Waals surface area contributed by atoms with Gasteiger partial charge in [0.05, 0.1) is 6.10 Å². The van der Waals surface area contributed by atoms with Crippen LogP contribution in [0.5, 0.6) is 0 Å². The van der Waals surface area contributed by atoms with Crippen molar-refractivity contribution < 1.29 is 9.90 Å². The number of aromatic amines is 1. The highest BCUT2D eigenvalue weighted by Crippen LogP contribution is 2.45. The average Bonchev–Trinajstić information content (AvgIpc) is 3.14. The average molecular weight is 298 g/mol. The van der Waals surface area contributed by atoms with Gasteiger partial charge in [-0.25, -0.2) is 0 Å². The number of amides is 1. The summed E-state index contributed by atoms with van der Waals surface area (Å²) in [6.07, 6.45) is 6.72. The molecule has 1 amide bonds. The first-order valence-electron chi connectivity index (χ1n) is 8.22. The van der Waals surface area contributed by atoms with Gasteiger partial charge in [0.1, 0.15) is 0 Å². The van der Waals surface area contributed by atoms with Gasteiger partial charge in [0, 0.05) is 41.2 Å². The number of likely N-dealkylation sites (tertiary alicyclic amines) is 1. The molecule has 1 aromatic heterocycles. The third kappa shape index (κ3) is 2.13. The van der Waals surface area contributed by atoms with Gasteiger partial charge in [-0.3, -0.25) is 4.79 Å². The first kappa shape index (κ1) is 13.8. The van der Waals surface area contributed by atoms with E-state index in [-0.39, 0.29) is 17.4 Å². The number of benzene rings is 1. The van der Waals surface area contributed by atoms with Gasteiger partial charge in [-0.15, -0.1) is 0 Å². The Morgan fingerprint density at radius 2 is 2.14 bits per heavy atom. The molecule has 116 valence electrons. The molecule has 4 nitrogen and oxygen atoms in total. The second-order valence-corrected chi connectivity index (χ2v) is 6.88. The van der Waals surface area contributed by atoms with Crippen LogP contribution in [0.15, 0.2) is 30.5 Å². The number of carbonyl (C=O) groups excluding carboxylic acids is 1. The van der Waals surface area contributed by atoms with E-state index < -0.39 is 0 Å². The molecule has 0 bridgehead atoms. The normalized spacial score (nSPS) is 28.6. The van der Waals surface area contributed by atoms with E-state index in [1.165, 1.54) is 0 Å². The molecule has 2 aromatic rings. The van der Waals surface area contributed by atoms with Crippen molar-refractivity contribution in [1.82, 2.24) is 9.88 Å². The zero-order chi connectivity index (χ0) is 15.2. The molecule has 1 saturated carbocycles. The number of aliphatic hydroxyl groups excluding tert-OH is 1. The molecular formula is C18H22N2O2. The summed E-state index contributed by atoms with van der Waals surface area (Å²) in [6.45, 7) is 1.51. The van der Waals surface area contributed by atoms with E-state index >= 15 is 0 Å². The molecular weight excluding hydrogens is 276 g/mol. The summed E-state index contributed by atoms with van der Waals surface area (Å²) < 4.78 is 0. The Hall–Kier alpha value is -1.81.